The van der Waals surface area contributed by atoms with Crippen LogP contribution in [0.25, 0.3) is 10.8 Å². The van der Waals surface area contributed by atoms with Crippen LogP contribution in [0.2, 0.25) is 0 Å². The average Bonchev–Trinajstić information content (AvgIpc) is 2.28. The molecule has 2 aromatic carbocycles. The van der Waals surface area contributed by atoms with Crippen LogP contribution in [-0.2, 0) is 0 Å². The molecule has 0 aliphatic heterocycles. The molecule has 0 aromatic heterocycles. The summed E-state index contributed by atoms with van der Waals surface area (Å²) in [5.74, 6) is 1.20. The third kappa shape index (κ3) is 2.27. The minimum Gasteiger partial charge on any atom is -0.295 e. The summed E-state index contributed by atoms with van der Waals surface area (Å²) in [6.07, 6.45) is 0. The summed E-state index contributed by atoms with van der Waals surface area (Å²) in [5, 5.41) is 2.33. The second-order valence-electron chi connectivity index (χ2n) is 3.71. The van der Waals surface area contributed by atoms with Crippen molar-refractivity contribution in [3.05, 3.63) is 42.0 Å². The highest BCUT2D eigenvalue weighted by Crippen LogP contribution is 2.24. The maximum absolute atomic E-state index is 11.3. The maximum atomic E-state index is 11.3. The molecule has 16 heavy (non-hydrogen) atoms. The van der Waals surface area contributed by atoms with Gasteiger partial charge in [-0.25, -0.2) is 0 Å². The Labute approximate surface area is 99.9 Å². The standard InChI is InChI=1S/C14H14OS/c1-3-16-14-7-6-12-8-11(10(2)15)4-5-13(12)9-14/h4-9H,3H2,1-2H3. The summed E-state index contributed by atoms with van der Waals surface area (Å²) >= 11 is 1.83. The lowest BCUT2D eigenvalue weighted by Gasteiger charge is -2.03. The third-order valence-electron chi connectivity index (χ3n) is 2.53. The first kappa shape index (κ1) is 11.2. The van der Waals surface area contributed by atoms with E-state index in [4.69, 9.17) is 0 Å². The van der Waals surface area contributed by atoms with Crippen molar-refractivity contribution < 1.29 is 4.79 Å². The maximum Gasteiger partial charge on any atom is 0.159 e. The van der Waals surface area contributed by atoms with E-state index in [9.17, 15) is 4.79 Å². The Morgan fingerprint density at radius 3 is 2.50 bits per heavy atom. The Bertz CT molecular complexity index is 531. The zero-order valence-electron chi connectivity index (χ0n) is 9.49. The quantitative estimate of drug-likeness (QED) is 0.582. The van der Waals surface area contributed by atoms with E-state index in [1.54, 1.807) is 6.92 Å². The van der Waals surface area contributed by atoms with Gasteiger partial charge in [0.05, 0.1) is 0 Å². The lowest BCUT2D eigenvalue weighted by Crippen LogP contribution is -1.90. The average molecular weight is 230 g/mol. The van der Waals surface area contributed by atoms with Crippen LogP contribution >= 0.6 is 11.8 Å². The van der Waals surface area contributed by atoms with Crippen molar-refractivity contribution in [3.63, 3.8) is 0 Å². The molecule has 0 amide bonds. The fourth-order valence-corrected chi connectivity index (χ4v) is 2.41. The number of ketones is 1. The predicted molar refractivity (Wildman–Crippen MR) is 70.4 cm³/mol. The van der Waals surface area contributed by atoms with Gasteiger partial charge in [0.15, 0.2) is 5.78 Å². The Morgan fingerprint density at radius 1 is 1.12 bits per heavy atom. The Hall–Kier alpha value is -1.28. The topological polar surface area (TPSA) is 17.1 Å². The van der Waals surface area contributed by atoms with Gasteiger partial charge in [-0.1, -0.05) is 25.1 Å². The fraction of sp³-hybridized carbons (Fsp3) is 0.214. The molecule has 0 saturated carbocycles. The summed E-state index contributed by atoms with van der Waals surface area (Å²) < 4.78 is 0. The van der Waals surface area contributed by atoms with Crippen LogP contribution in [0, 0.1) is 0 Å². The molecular formula is C14H14OS. The number of fused-ring (bicyclic) bond motifs is 1. The van der Waals surface area contributed by atoms with Gasteiger partial charge in [-0.05, 0) is 41.6 Å². The van der Waals surface area contributed by atoms with Gasteiger partial charge in [0.25, 0.3) is 0 Å². The summed E-state index contributed by atoms with van der Waals surface area (Å²) in [6.45, 7) is 3.75. The number of carbonyl (C=O) groups excluding carboxylic acids is 1. The van der Waals surface area contributed by atoms with Gasteiger partial charge in [-0.15, -0.1) is 11.8 Å². The van der Waals surface area contributed by atoms with E-state index in [1.165, 1.54) is 10.3 Å². The third-order valence-corrected chi connectivity index (χ3v) is 3.41. The van der Waals surface area contributed by atoms with E-state index in [1.807, 2.05) is 30.0 Å². The summed E-state index contributed by atoms with van der Waals surface area (Å²) in [6, 6.07) is 12.2. The van der Waals surface area contributed by atoms with Crippen molar-refractivity contribution in [3.8, 4) is 0 Å². The number of Topliss-reactive ketones (excluding diaryl/α,β-unsaturated/α-hetero) is 1. The summed E-state index contributed by atoms with van der Waals surface area (Å²) in [4.78, 5) is 12.5. The molecule has 0 spiro atoms. The van der Waals surface area contributed by atoms with Crippen molar-refractivity contribution >= 4 is 28.3 Å². The van der Waals surface area contributed by atoms with Gasteiger partial charge in [0, 0.05) is 10.5 Å². The monoisotopic (exact) mass is 230 g/mol. The van der Waals surface area contributed by atoms with Crippen LogP contribution in [0.5, 0.6) is 0 Å². The molecule has 0 N–H and O–H groups in total. The van der Waals surface area contributed by atoms with E-state index in [2.05, 4.69) is 25.1 Å². The van der Waals surface area contributed by atoms with Crippen molar-refractivity contribution in [2.75, 3.05) is 5.75 Å². The molecule has 1 nitrogen and oxygen atoms in total. The summed E-state index contributed by atoms with van der Waals surface area (Å²) in [5.41, 5.74) is 0.781. The van der Waals surface area contributed by atoms with Crippen LogP contribution in [0.3, 0.4) is 0 Å². The van der Waals surface area contributed by atoms with Gasteiger partial charge in [-0.2, -0.15) is 0 Å². The largest absolute Gasteiger partial charge is 0.295 e. The molecule has 0 saturated heterocycles. The number of thioether (sulfide) groups is 1. The highest BCUT2D eigenvalue weighted by atomic mass is 32.2. The van der Waals surface area contributed by atoms with Gasteiger partial charge >= 0.3 is 0 Å². The first-order chi connectivity index (χ1) is 7.70. The van der Waals surface area contributed by atoms with E-state index in [0.29, 0.717) is 0 Å². The second kappa shape index (κ2) is 4.71. The van der Waals surface area contributed by atoms with Crippen LogP contribution < -0.4 is 0 Å². The highest BCUT2D eigenvalue weighted by molar-refractivity contribution is 7.99. The molecular weight excluding hydrogens is 216 g/mol. The zero-order valence-corrected chi connectivity index (χ0v) is 10.3. The molecule has 0 heterocycles. The first-order valence-electron chi connectivity index (χ1n) is 5.38. The lowest BCUT2D eigenvalue weighted by atomic mass is 10.1. The Balaban J connectivity index is 2.48. The molecule has 0 aliphatic rings. The molecule has 0 radical (unpaired) electrons. The SMILES string of the molecule is CCSc1ccc2cc(C(C)=O)ccc2c1. The minimum absolute atomic E-state index is 0.119. The first-order valence-corrected chi connectivity index (χ1v) is 6.37. The van der Waals surface area contributed by atoms with E-state index in [-0.39, 0.29) is 5.78 Å². The molecule has 0 atom stereocenters. The smallest absolute Gasteiger partial charge is 0.159 e. The zero-order chi connectivity index (χ0) is 11.5. The molecule has 2 aromatic rings. The van der Waals surface area contributed by atoms with Crippen molar-refractivity contribution in [2.24, 2.45) is 0 Å². The summed E-state index contributed by atoms with van der Waals surface area (Å²) in [7, 11) is 0. The van der Waals surface area contributed by atoms with Gasteiger partial charge in [0.2, 0.25) is 0 Å². The van der Waals surface area contributed by atoms with Gasteiger partial charge in [-0.3, -0.25) is 4.79 Å². The number of benzene rings is 2. The second-order valence-corrected chi connectivity index (χ2v) is 5.05. The van der Waals surface area contributed by atoms with Crippen LogP contribution in [0.4, 0.5) is 0 Å². The minimum atomic E-state index is 0.119. The van der Waals surface area contributed by atoms with E-state index >= 15 is 0 Å². The van der Waals surface area contributed by atoms with Gasteiger partial charge in [0.1, 0.15) is 0 Å². The molecule has 2 heteroatoms. The highest BCUT2D eigenvalue weighted by Gasteiger charge is 2.01. The lowest BCUT2D eigenvalue weighted by molar-refractivity contribution is 0.101. The van der Waals surface area contributed by atoms with Crippen molar-refractivity contribution in [1.82, 2.24) is 0 Å². The van der Waals surface area contributed by atoms with Crippen molar-refractivity contribution in [2.45, 2.75) is 18.7 Å². The van der Waals surface area contributed by atoms with Crippen molar-refractivity contribution in [1.29, 1.82) is 0 Å². The van der Waals surface area contributed by atoms with E-state index in [0.717, 1.165) is 16.7 Å². The molecule has 0 unspecified atom stereocenters. The predicted octanol–water partition coefficient (Wildman–Crippen LogP) is 4.15. The molecule has 82 valence electrons. The Kier molecular flexibility index (Phi) is 3.30. The van der Waals surface area contributed by atoms with E-state index < -0.39 is 0 Å². The Morgan fingerprint density at radius 2 is 1.81 bits per heavy atom. The molecule has 0 aliphatic carbocycles. The van der Waals surface area contributed by atoms with Gasteiger partial charge < -0.3 is 0 Å². The number of hydrogen-bond donors (Lipinski definition) is 0. The number of hydrogen-bond acceptors (Lipinski definition) is 2. The normalized spacial score (nSPS) is 10.6. The van der Waals surface area contributed by atoms with Crippen LogP contribution in [0.1, 0.15) is 24.2 Å². The fourth-order valence-electron chi connectivity index (χ4n) is 1.70. The molecule has 0 bridgehead atoms. The molecule has 2 rings (SSSR count). The number of carbonyl (C=O) groups is 1. The molecule has 0 fully saturated rings. The van der Waals surface area contributed by atoms with Crippen LogP contribution in [-0.4, -0.2) is 11.5 Å². The number of rotatable bonds is 3. The van der Waals surface area contributed by atoms with Crippen LogP contribution in [0.15, 0.2) is 41.3 Å².